The Balaban J connectivity index is 1.21. The predicted octanol–water partition coefficient (Wildman–Crippen LogP) is 1.83. The van der Waals surface area contributed by atoms with Gasteiger partial charge in [-0.1, -0.05) is 12.1 Å². The van der Waals surface area contributed by atoms with Crippen molar-refractivity contribution >= 4 is 33.0 Å². The standard InChI is InChI=1S/C20H28N4O4S/c1-29(26,27)24-12-8-16(9-13-24)19(25)21-14-15-6-10-23(11-7-15)20-22-17-4-2-3-5-18(17)28-20/h2-5,15-16H,6-14H2,1H3,(H,21,25). The zero-order valence-corrected chi connectivity index (χ0v) is 17.5. The number of hydrogen-bond acceptors (Lipinski definition) is 6. The van der Waals surface area contributed by atoms with E-state index in [9.17, 15) is 13.2 Å². The number of fused-ring (bicyclic) bond motifs is 1. The van der Waals surface area contributed by atoms with Gasteiger partial charge in [0.05, 0.1) is 6.26 Å². The van der Waals surface area contributed by atoms with Gasteiger partial charge in [-0.3, -0.25) is 4.79 Å². The second-order valence-corrected chi connectivity index (χ2v) is 10.1. The molecule has 9 heteroatoms. The van der Waals surface area contributed by atoms with Crippen LogP contribution in [0.1, 0.15) is 25.7 Å². The van der Waals surface area contributed by atoms with Crippen molar-refractivity contribution in [3.8, 4) is 0 Å². The quantitative estimate of drug-likeness (QED) is 0.793. The third-order valence-electron chi connectivity index (χ3n) is 6.03. The maximum atomic E-state index is 12.5. The molecule has 8 nitrogen and oxygen atoms in total. The minimum atomic E-state index is -3.16. The number of carbonyl (C=O) groups excluding carboxylic acids is 1. The summed E-state index contributed by atoms with van der Waals surface area (Å²) < 4.78 is 30.5. The highest BCUT2D eigenvalue weighted by atomic mass is 32.2. The smallest absolute Gasteiger partial charge is 0.298 e. The Bertz CT molecular complexity index is 925. The molecule has 0 spiro atoms. The molecule has 0 bridgehead atoms. The Hall–Kier alpha value is -2.13. The van der Waals surface area contributed by atoms with E-state index in [0.29, 0.717) is 44.4 Å². The Morgan fingerprint density at radius 1 is 1.14 bits per heavy atom. The van der Waals surface area contributed by atoms with Gasteiger partial charge in [-0.05, 0) is 43.7 Å². The average Bonchev–Trinajstić information content (AvgIpc) is 3.16. The molecule has 1 amide bonds. The number of rotatable bonds is 5. The van der Waals surface area contributed by atoms with E-state index in [1.54, 1.807) is 0 Å². The maximum absolute atomic E-state index is 12.5. The fourth-order valence-corrected chi connectivity index (χ4v) is 5.04. The van der Waals surface area contributed by atoms with E-state index in [1.165, 1.54) is 10.6 Å². The van der Waals surface area contributed by atoms with E-state index in [-0.39, 0.29) is 11.8 Å². The number of carbonyl (C=O) groups is 1. The van der Waals surface area contributed by atoms with Crippen LogP contribution in [0.2, 0.25) is 0 Å². The van der Waals surface area contributed by atoms with Gasteiger partial charge in [0, 0.05) is 38.6 Å². The maximum Gasteiger partial charge on any atom is 0.298 e. The van der Waals surface area contributed by atoms with Crippen LogP contribution in [-0.2, 0) is 14.8 Å². The lowest BCUT2D eigenvalue weighted by atomic mass is 9.95. The molecule has 2 aromatic rings. The Labute approximate surface area is 171 Å². The molecule has 4 rings (SSSR count). The molecule has 2 saturated heterocycles. The van der Waals surface area contributed by atoms with Crippen molar-refractivity contribution in [3.05, 3.63) is 24.3 Å². The van der Waals surface area contributed by atoms with E-state index >= 15 is 0 Å². The molecule has 0 saturated carbocycles. The number of piperidine rings is 2. The van der Waals surface area contributed by atoms with Gasteiger partial charge in [0.15, 0.2) is 5.58 Å². The van der Waals surface area contributed by atoms with Crippen LogP contribution >= 0.6 is 0 Å². The van der Waals surface area contributed by atoms with Crippen LogP contribution in [0, 0.1) is 11.8 Å². The molecule has 2 aliphatic heterocycles. The topological polar surface area (TPSA) is 95.8 Å². The first-order chi connectivity index (χ1) is 13.9. The van der Waals surface area contributed by atoms with Gasteiger partial charge in [0.25, 0.3) is 6.01 Å². The lowest BCUT2D eigenvalue weighted by Gasteiger charge is -2.32. The molecule has 158 valence electrons. The molecule has 0 atom stereocenters. The van der Waals surface area contributed by atoms with Crippen molar-refractivity contribution in [2.45, 2.75) is 25.7 Å². The minimum absolute atomic E-state index is 0.0551. The molecule has 2 aliphatic rings. The Morgan fingerprint density at radius 3 is 2.48 bits per heavy atom. The van der Waals surface area contributed by atoms with E-state index in [2.05, 4.69) is 15.2 Å². The van der Waals surface area contributed by atoms with E-state index < -0.39 is 10.0 Å². The van der Waals surface area contributed by atoms with Crippen LogP contribution in [0.3, 0.4) is 0 Å². The number of oxazole rings is 1. The van der Waals surface area contributed by atoms with Crippen LogP contribution in [0.5, 0.6) is 0 Å². The summed E-state index contributed by atoms with van der Waals surface area (Å²) in [7, 11) is -3.16. The number of aromatic nitrogens is 1. The Morgan fingerprint density at radius 2 is 1.83 bits per heavy atom. The fraction of sp³-hybridized carbons (Fsp3) is 0.600. The zero-order chi connectivity index (χ0) is 20.4. The highest BCUT2D eigenvalue weighted by Gasteiger charge is 2.29. The van der Waals surface area contributed by atoms with Crippen LogP contribution in [0.4, 0.5) is 6.01 Å². The number of sulfonamides is 1. The SMILES string of the molecule is CS(=O)(=O)N1CCC(C(=O)NCC2CCN(c3nc4ccccc4o3)CC2)CC1. The first-order valence-electron chi connectivity index (χ1n) is 10.2. The van der Waals surface area contributed by atoms with Gasteiger partial charge in [-0.15, -0.1) is 0 Å². The number of para-hydroxylation sites is 2. The number of nitrogens with zero attached hydrogens (tertiary/aromatic N) is 3. The normalized spacial score (nSPS) is 20.2. The Kier molecular flexibility index (Phi) is 5.78. The van der Waals surface area contributed by atoms with Crippen LogP contribution in [-0.4, -0.2) is 62.6 Å². The summed E-state index contributed by atoms with van der Waals surface area (Å²) in [6.07, 6.45) is 4.36. The molecular formula is C20H28N4O4S. The van der Waals surface area contributed by atoms with Crippen molar-refractivity contribution in [2.24, 2.45) is 11.8 Å². The average molecular weight is 421 g/mol. The number of amides is 1. The number of benzene rings is 1. The van der Waals surface area contributed by atoms with E-state index in [1.807, 2.05) is 24.3 Å². The molecule has 29 heavy (non-hydrogen) atoms. The van der Waals surface area contributed by atoms with Crippen molar-refractivity contribution < 1.29 is 17.6 Å². The van der Waals surface area contributed by atoms with Gasteiger partial charge in [0.2, 0.25) is 15.9 Å². The van der Waals surface area contributed by atoms with Gasteiger partial charge in [-0.25, -0.2) is 12.7 Å². The first kappa shape index (κ1) is 20.2. The van der Waals surface area contributed by atoms with Crippen LogP contribution in [0.15, 0.2) is 28.7 Å². The third-order valence-corrected chi connectivity index (χ3v) is 7.33. The molecule has 1 N–H and O–H groups in total. The largest absolute Gasteiger partial charge is 0.423 e. The number of anilines is 1. The van der Waals surface area contributed by atoms with Crippen LogP contribution < -0.4 is 10.2 Å². The summed E-state index contributed by atoms with van der Waals surface area (Å²) in [5, 5.41) is 3.09. The van der Waals surface area contributed by atoms with Gasteiger partial charge >= 0.3 is 0 Å². The lowest BCUT2D eigenvalue weighted by molar-refractivity contribution is -0.126. The fourth-order valence-electron chi connectivity index (χ4n) is 4.16. The van der Waals surface area contributed by atoms with Crippen molar-refractivity contribution in [2.75, 3.05) is 43.9 Å². The van der Waals surface area contributed by atoms with Gasteiger partial charge in [0.1, 0.15) is 5.52 Å². The van der Waals surface area contributed by atoms with Crippen molar-refractivity contribution in [1.82, 2.24) is 14.6 Å². The third kappa shape index (κ3) is 4.72. The first-order valence-corrected chi connectivity index (χ1v) is 12.1. The lowest BCUT2D eigenvalue weighted by Crippen LogP contribution is -2.44. The molecule has 1 aromatic heterocycles. The second-order valence-electron chi connectivity index (χ2n) is 8.08. The van der Waals surface area contributed by atoms with Crippen LogP contribution in [0.25, 0.3) is 11.1 Å². The second kappa shape index (κ2) is 8.31. The van der Waals surface area contributed by atoms with E-state index in [0.717, 1.165) is 37.0 Å². The molecule has 0 aliphatic carbocycles. The summed E-state index contributed by atoms with van der Waals surface area (Å²) in [6, 6.07) is 8.44. The summed E-state index contributed by atoms with van der Waals surface area (Å²) in [6.45, 7) is 3.26. The van der Waals surface area contributed by atoms with Gasteiger partial charge < -0.3 is 14.6 Å². The molecule has 0 radical (unpaired) electrons. The summed E-state index contributed by atoms with van der Waals surface area (Å²) in [4.78, 5) is 19.2. The number of nitrogens with one attached hydrogen (secondary N) is 1. The summed E-state index contributed by atoms with van der Waals surface area (Å²) in [5.74, 6) is 0.406. The molecular weight excluding hydrogens is 392 g/mol. The molecule has 1 aromatic carbocycles. The highest BCUT2D eigenvalue weighted by Crippen LogP contribution is 2.26. The minimum Gasteiger partial charge on any atom is -0.423 e. The highest BCUT2D eigenvalue weighted by molar-refractivity contribution is 7.88. The van der Waals surface area contributed by atoms with E-state index in [4.69, 9.17) is 4.42 Å². The summed E-state index contributed by atoms with van der Waals surface area (Å²) in [5.41, 5.74) is 1.68. The van der Waals surface area contributed by atoms with Gasteiger partial charge in [-0.2, -0.15) is 4.98 Å². The molecule has 0 unspecified atom stereocenters. The summed E-state index contributed by atoms with van der Waals surface area (Å²) >= 11 is 0. The van der Waals surface area contributed by atoms with Crippen molar-refractivity contribution in [1.29, 1.82) is 0 Å². The predicted molar refractivity (Wildman–Crippen MR) is 111 cm³/mol. The molecule has 3 heterocycles. The monoisotopic (exact) mass is 420 g/mol. The van der Waals surface area contributed by atoms with Crippen molar-refractivity contribution in [3.63, 3.8) is 0 Å². The number of hydrogen-bond donors (Lipinski definition) is 1. The zero-order valence-electron chi connectivity index (χ0n) is 16.7. The molecule has 2 fully saturated rings.